The fourth-order valence-electron chi connectivity index (χ4n) is 4.38. The number of amides is 2. The minimum Gasteiger partial charge on any atom is -0.379 e. The van der Waals surface area contributed by atoms with Gasteiger partial charge in [-0.05, 0) is 24.3 Å². The maximum Gasteiger partial charge on any atom is 0.277 e. The van der Waals surface area contributed by atoms with Gasteiger partial charge in [-0.1, -0.05) is 37.3 Å². The van der Waals surface area contributed by atoms with Gasteiger partial charge in [0.2, 0.25) is 0 Å². The molecule has 28 heavy (non-hydrogen) atoms. The molecule has 1 atom stereocenters. The van der Waals surface area contributed by atoms with Crippen molar-refractivity contribution in [2.75, 3.05) is 52.5 Å². The lowest BCUT2D eigenvalue weighted by molar-refractivity contribution is -0.138. The number of piperidine rings is 1. The van der Waals surface area contributed by atoms with Crippen LogP contribution in [0.25, 0.3) is 5.57 Å². The smallest absolute Gasteiger partial charge is 0.277 e. The molecule has 0 radical (unpaired) electrons. The normalized spacial score (nSPS) is 24.4. The average Bonchev–Trinajstić information content (AvgIpc) is 2.98. The van der Waals surface area contributed by atoms with Crippen molar-refractivity contribution in [2.24, 2.45) is 5.92 Å². The van der Waals surface area contributed by atoms with E-state index in [1.807, 2.05) is 30.3 Å². The number of ether oxygens (including phenoxy) is 1. The number of likely N-dealkylation sites (tertiary alicyclic amines) is 1. The summed E-state index contributed by atoms with van der Waals surface area (Å²) in [6.45, 7) is 8.16. The first-order valence-electron chi connectivity index (χ1n) is 10.4. The van der Waals surface area contributed by atoms with Gasteiger partial charge < -0.3 is 9.64 Å². The SMILES string of the molecule is CC1CCCN(C2=C(c3ccccc3)C(=O)N(CCN3CCOCC3)C2=O)C1. The Balaban J connectivity index is 1.59. The molecule has 1 aromatic rings. The van der Waals surface area contributed by atoms with Crippen molar-refractivity contribution in [2.45, 2.75) is 19.8 Å². The molecule has 0 N–H and O–H groups in total. The van der Waals surface area contributed by atoms with Gasteiger partial charge in [-0.25, -0.2) is 0 Å². The van der Waals surface area contributed by atoms with Gasteiger partial charge in [0.15, 0.2) is 0 Å². The van der Waals surface area contributed by atoms with Gasteiger partial charge in [-0.3, -0.25) is 19.4 Å². The molecule has 1 aromatic carbocycles. The molecule has 0 bridgehead atoms. The first-order valence-corrected chi connectivity index (χ1v) is 10.4. The van der Waals surface area contributed by atoms with Crippen LogP contribution in [0.15, 0.2) is 36.0 Å². The van der Waals surface area contributed by atoms with Crippen LogP contribution in [0.4, 0.5) is 0 Å². The van der Waals surface area contributed by atoms with Crippen LogP contribution in [0.1, 0.15) is 25.3 Å². The van der Waals surface area contributed by atoms with E-state index in [0.717, 1.165) is 38.2 Å². The van der Waals surface area contributed by atoms with Crippen molar-refractivity contribution < 1.29 is 14.3 Å². The number of nitrogens with zero attached hydrogens (tertiary/aromatic N) is 3. The lowest BCUT2D eigenvalue weighted by atomic mass is 9.98. The molecule has 2 saturated heterocycles. The van der Waals surface area contributed by atoms with Gasteiger partial charge in [-0.15, -0.1) is 0 Å². The summed E-state index contributed by atoms with van der Waals surface area (Å²) < 4.78 is 5.39. The summed E-state index contributed by atoms with van der Waals surface area (Å²) in [5, 5.41) is 0. The topological polar surface area (TPSA) is 53.1 Å². The number of rotatable bonds is 5. The predicted octanol–water partition coefficient (Wildman–Crippen LogP) is 1.83. The van der Waals surface area contributed by atoms with Crippen LogP contribution in [0.3, 0.4) is 0 Å². The maximum atomic E-state index is 13.3. The third kappa shape index (κ3) is 3.84. The van der Waals surface area contributed by atoms with Gasteiger partial charge in [0.25, 0.3) is 11.8 Å². The van der Waals surface area contributed by atoms with Crippen LogP contribution >= 0.6 is 0 Å². The quantitative estimate of drug-likeness (QED) is 0.726. The van der Waals surface area contributed by atoms with E-state index in [1.54, 1.807) is 0 Å². The highest BCUT2D eigenvalue weighted by Crippen LogP contribution is 2.33. The average molecular weight is 383 g/mol. The Kier molecular flexibility index (Phi) is 5.78. The highest BCUT2D eigenvalue weighted by molar-refractivity contribution is 6.35. The van der Waals surface area contributed by atoms with E-state index in [2.05, 4.69) is 16.7 Å². The molecule has 3 heterocycles. The number of hydrogen-bond acceptors (Lipinski definition) is 5. The number of benzene rings is 1. The van der Waals surface area contributed by atoms with Crippen LogP contribution in [0.2, 0.25) is 0 Å². The lowest BCUT2D eigenvalue weighted by Crippen LogP contribution is -2.44. The van der Waals surface area contributed by atoms with E-state index >= 15 is 0 Å². The number of carbonyl (C=O) groups is 2. The monoisotopic (exact) mass is 383 g/mol. The molecule has 0 aliphatic carbocycles. The Morgan fingerprint density at radius 3 is 2.46 bits per heavy atom. The fourth-order valence-corrected chi connectivity index (χ4v) is 4.38. The Labute approximate surface area is 166 Å². The van der Waals surface area contributed by atoms with Crippen LogP contribution < -0.4 is 0 Å². The van der Waals surface area contributed by atoms with Crippen molar-refractivity contribution in [3.63, 3.8) is 0 Å². The minimum atomic E-state index is -0.155. The van der Waals surface area contributed by atoms with E-state index in [1.165, 1.54) is 11.3 Å². The highest BCUT2D eigenvalue weighted by atomic mass is 16.5. The number of morpholine rings is 1. The van der Waals surface area contributed by atoms with Crippen LogP contribution in [-0.4, -0.2) is 79.0 Å². The standard InChI is InChI=1S/C22H29N3O3/c1-17-6-5-9-24(16-17)20-19(18-7-3-2-4-8-18)21(26)25(22(20)27)11-10-23-12-14-28-15-13-23/h2-4,7-8,17H,5-6,9-16H2,1H3. The van der Waals surface area contributed by atoms with E-state index in [-0.39, 0.29) is 11.8 Å². The maximum absolute atomic E-state index is 13.3. The number of imide groups is 1. The zero-order valence-corrected chi connectivity index (χ0v) is 16.6. The van der Waals surface area contributed by atoms with E-state index < -0.39 is 0 Å². The van der Waals surface area contributed by atoms with Crippen molar-refractivity contribution >= 4 is 17.4 Å². The molecule has 4 rings (SSSR count). The molecular weight excluding hydrogens is 354 g/mol. The molecule has 3 aliphatic rings. The van der Waals surface area contributed by atoms with E-state index in [4.69, 9.17) is 4.74 Å². The Hall–Kier alpha value is -2.18. The number of carbonyl (C=O) groups excluding carboxylic acids is 2. The molecule has 2 fully saturated rings. The zero-order chi connectivity index (χ0) is 19.5. The summed E-state index contributed by atoms with van der Waals surface area (Å²) >= 11 is 0. The van der Waals surface area contributed by atoms with Gasteiger partial charge >= 0.3 is 0 Å². The molecular formula is C22H29N3O3. The second-order valence-corrected chi connectivity index (χ2v) is 8.00. The number of hydrogen-bond donors (Lipinski definition) is 0. The van der Waals surface area contributed by atoms with Crippen molar-refractivity contribution in [3.8, 4) is 0 Å². The molecule has 0 saturated carbocycles. The fraction of sp³-hybridized carbons (Fsp3) is 0.545. The summed E-state index contributed by atoms with van der Waals surface area (Å²) in [6.07, 6.45) is 2.23. The molecule has 1 unspecified atom stereocenters. The summed E-state index contributed by atoms with van der Waals surface area (Å²) in [5.41, 5.74) is 2.01. The summed E-state index contributed by atoms with van der Waals surface area (Å²) in [4.78, 5) is 32.5. The van der Waals surface area contributed by atoms with Crippen LogP contribution in [0, 0.1) is 5.92 Å². The molecule has 2 amide bonds. The Morgan fingerprint density at radius 1 is 1.00 bits per heavy atom. The summed E-state index contributed by atoms with van der Waals surface area (Å²) in [6, 6.07) is 9.64. The molecule has 0 aromatic heterocycles. The second-order valence-electron chi connectivity index (χ2n) is 8.00. The highest BCUT2D eigenvalue weighted by Gasteiger charge is 2.42. The molecule has 3 aliphatic heterocycles. The van der Waals surface area contributed by atoms with Gasteiger partial charge in [0.1, 0.15) is 5.70 Å². The first kappa shape index (κ1) is 19.2. The third-order valence-electron chi connectivity index (χ3n) is 5.92. The minimum absolute atomic E-state index is 0.133. The zero-order valence-electron chi connectivity index (χ0n) is 16.6. The lowest BCUT2D eigenvalue weighted by Gasteiger charge is -2.33. The molecule has 150 valence electrons. The molecule has 0 spiro atoms. The predicted molar refractivity (Wildman–Crippen MR) is 107 cm³/mol. The largest absolute Gasteiger partial charge is 0.379 e. The van der Waals surface area contributed by atoms with Crippen LogP contribution in [-0.2, 0) is 14.3 Å². The van der Waals surface area contributed by atoms with Crippen LogP contribution in [0.5, 0.6) is 0 Å². The molecule has 6 heteroatoms. The Bertz CT molecular complexity index is 756. The van der Waals surface area contributed by atoms with Gasteiger partial charge in [-0.2, -0.15) is 0 Å². The third-order valence-corrected chi connectivity index (χ3v) is 5.92. The van der Waals surface area contributed by atoms with E-state index in [9.17, 15) is 9.59 Å². The van der Waals surface area contributed by atoms with Crippen molar-refractivity contribution in [3.05, 3.63) is 41.6 Å². The first-order chi connectivity index (χ1) is 13.6. The van der Waals surface area contributed by atoms with Gasteiger partial charge in [0.05, 0.1) is 18.8 Å². The summed E-state index contributed by atoms with van der Waals surface area (Å²) in [7, 11) is 0. The summed E-state index contributed by atoms with van der Waals surface area (Å²) in [5.74, 6) is 0.243. The van der Waals surface area contributed by atoms with Crippen molar-refractivity contribution in [1.82, 2.24) is 14.7 Å². The Morgan fingerprint density at radius 2 is 1.75 bits per heavy atom. The molecule has 6 nitrogen and oxygen atoms in total. The van der Waals surface area contributed by atoms with E-state index in [0.29, 0.717) is 43.5 Å². The van der Waals surface area contributed by atoms with Gasteiger partial charge in [0, 0.05) is 39.3 Å². The second kappa shape index (κ2) is 8.45. The van der Waals surface area contributed by atoms with Crippen molar-refractivity contribution in [1.29, 1.82) is 0 Å².